The average molecular weight is 492 g/mol. The van der Waals surface area contributed by atoms with Crippen molar-refractivity contribution in [3.63, 3.8) is 0 Å². The fourth-order valence-corrected chi connectivity index (χ4v) is 6.07. The number of carbonyl (C=O) groups is 1. The predicted octanol–water partition coefficient (Wildman–Crippen LogP) is 4.58. The number of amides is 1. The molecule has 1 fully saturated rings. The maximum Gasteiger partial charge on any atom is 0.267 e. The van der Waals surface area contributed by atoms with Crippen LogP contribution in [0.15, 0.2) is 77.7 Å². The third-order valence-corrected chi connectivity index (χ3v) is 8.26. The van der Waals surface area contributed by atoms with Crippen molar-refractivity contribution >= 4 is 33.0 Å². The van der Waals surface area contributed by atoms with Crippen molar-refractivity contribution in [2.45, 2.75) is 37.2 Å². The summed E-state index contributed by atoms with van der Waals surface area (Å²) in [5.74, 6) is -0.0208. The molecule has 35 heavy (non-hydrogen) atoms. The van der Waals surface area contributed by atoms with Crippen molar-refractivity contribution in [1.29, 1.82) is 0 Å². The van der Waals surface area contributed by atoms with Gasteiger partial charge in [-0.25, -0.2) is 8.42 Å². The van der Waals surface area contributed by atoms with Crippen LogP contribution in [-0.2, 0) is 14.8 Å². The van der Waals surface area contributed by atoms with Gasteiger partial charge in [-0.2, -0.15) is 0 Å². The van der Waals surface area contributed by atoms with Gasteiger partial charge in [0.2, 0.25) is 0 Å². The molecule has 5 rings (SSSR count). The largest absolute Gasteiger partial charge is 0.476 e. The summed E-state index contributed by atoms with van der Waals surface area (Å²) in [5.41, 5.74) is 3.12. The van der Waals surface area contributed by atoms with Crippen molar-refractivity contribution in [2.75, 3.05) is 34.2 Å². The minimum atomic E-state index is -3.88. The molecule has 3 aromatic carbocycles. The number of sulfonamides is 1. The summed E-state index contributed by atoms with van der Waals surface area (Å²) < 4.78 is 34.2. The highest BCUT2D eigenvalue weighted by atomic mass is 32.2. The monoisotopic (exact) mass is 491 g/mol. The minimum absolute atomic E-state index is 0.120. The van der Waals surface area contributed by atoms with Gasteiger partial charge in [-0.05, 0) is 80.3 Å². The van der Waals surface area contributed by atoms with Crippen LogP contribution in [0.4, 0.5) is 17.1 Å². The van der Waals surface area contributed by atoms with Crippen molar-refractivity contribution < 1.29 is 17.9 Å². The number of nitrogens with one attached hydrogen (secondary N) is 1. The fourth-order valence-electron chi connectivity index (χ4n) is 4.58. The second-order valence-electron chi connectivity index (χ2n) is 9.01. The van der Waals surface area contributed by atoms with Crippen molar-refractivity contribution in [3.8, 4) is 5.75 Å². The lowest BCUT2D eigenvalue weighted by molar-refractivity contribution is -0.122. The fraction of sp³-hybridized carbons (Fsp3) is 0.296. The third kappa shape index (κ3) is 4.84. The topological polar surface area (TPSA) is 79.0 Å². The van der Waals surface area contributed by atoms with E-state index in [0.717, 1.165) is 24.3 Å². The van der Waals surface area contributed by atoms with Gasteiger partial charge in [-0.1, -0.05) is 24.3 Å². The Labute approximate surface area is 206 Å². The predicted molar refractivity (Wildman–Crippen MR) is 138 cm³/mol. The number of piperidine rings is 1. The first-order chi connectivity index (χ1) is 16.9. The number of aryl methyl sites for hydroxylation is 1. The molecule has 2 aliphatic rings. The van der Waals surface area contributed by atoms with Crippen LogP contribution < -0.4 is 19.3 Å². The van der Waals surface area contributed by atoms with Crippen LogP contribution in [0, 0.1) is 6.92 Å². The molecule has 0 aromatic heterocycles. The lowest BCUT2D eigenvalue weighted by Gasteiger charge is -2.35. The van der Waals surface area contributed by atoms with Gasteiger partial charge in [-0.15, -0.1) is 0 Å². The van der Waals surface area contributed by atoms with E-state index < -0.39 is 22.0 Å². The lowest BCUT2D eigenvalue weighted by Crippen LogP contribution is -2.48. The van der Waals surface area contributed by atoms with E-state index in [1.165, 1.54) is 23.6 Å². The Kier molecular flexibility index (Phi) is 6.38. The van der Waals surface area contributed by atoms with E-state index in [-0.39, 0.29) is 11.4 Å². The molecule has 0 spiro atoms. The van der Waals surface area contributed by atoms with Gasteiger partial charge >= 0.3 is 0 Å². The van der Waals surface area contributed by atoms with E-state index in [0.29, 0.717) is 17.1 Å². The summed E-state index contributed by atoms with van der Waals surface area (Å²) in [6.45, 7) is 3.87. The van der Waals surface area contributed by atoms with E-state index in [1.807, 2.05) is 37.3 Å². The molecule has 182 valence electrons. The maximum atomic E-state index is 13.5. The Morgan fingerprint density at radius 3 is 2.37 bits per heavy atom. The highest BCUT2D eigenvalue weighted by Crippen LogP contribution is 2.38. The molecule has 0 unspecified atom stereocenters. The summed E-state index contributed by atoms with van der Waals surface area (Å²) in [4.78, 5) is 15.7. The molecule has 1 saturated heterocycles. The number of ether oxygens (including phenoxy) is 1. The first-order valence-electron chi connectivity index (χ1n) is 11.9. The second kappa shape index (κ2) is 9.62. The minimum Gasteiger partial charge on any atom is -0.476 e. The van der Waals surface area contributed by atoms with E-state index in [4.69, 9.17) is 4.74 Å². The average Bonchev–Trinajstić information content (AvgIpc) is 2.89. The van der Waals surface area contributed by atoms with Crippen molar-refractivity contribution in [3.05, 3.63) is 78.4 Å². The first kappa shape index (κ1) is 23.2. The highest BCUT2D eigenvalue weighted by Gasteiger charge is 2.37. The summed E-state index contributed by atoms with van der Waals surface area (Å²) in [6, 6.07) is 21.3. The Morgan fingerprint density at radius 2 is 1.66 bits per heavy atom. The van der Waals surface area contributed by atoms with Crippen LogP contribution in [0.1, 0.15) is 24.8 Å². The number of anilines is 3. The van der Waals surface area contributed by atoms with Gasteiger partial charge in [0.1, 0.15) is 5.75 Å². The van der Waals surface area contributed by atoms with Crippen molar-refractivity contribution in [1.82, 2.24) is 0 Å². The van der Waals surface area contributed by atoms with Gasteiger partial charge in [0, 0.05) is 24.5 Å². The summed E-state index contributed by atoms with van der Waals surface area (Å²) >= 11 is 0. The zero-order valence-corrected chi connectivity index (χ0v) is 20.5. The quantitative estimate of drug-likeness (QED) is 0.565. The molecule has 0 radical (unpaired) electrons. The Balaban J connectivity index is 1.37. The van der Waals surface area contributed by atoms with E-state index in [9.17, 15) is 13.2 Å². The van der Waals surface area contributed by atoms with E-state index >= 15 is 0 Å². The molecule has 7 nitrogen and oxygen atoms in total. The zero-order chi connectivity index (χ0) is 24.4. The number of nitrogens with zero attached hydrogens (tertiary/aromatic N) is 2. The number of hydrogen-bond donors (Lipinski definition) is 1. The number of fused-ring (bicyclic) bond motifs is 1. The molecular weight excluding hydrogens is 462 g/mol. The Morgan fingerprint density at radius 1 is 0.943 bits per heavy atom. The van der Waals surface area contributed by atoms with Gasteiger partial charge in [-0.3, -0.25) is 9.10 Å². The standard InChI is InChI=1S/C27H29N3O4S/c1-20-10-15-24-25(18-20)34-26(19-30(24)35(32,33)23-8-4-2-5-9-23)27(31)28-21-11-13-22(14-12-21)29-16-6-3-7-17-29/h2,4-5,8-15,18,26H,3,6-7,16-17,19H2,1H3,(H,28,31)/t26-/m1/s1. The SMILES string of the molecule is Cc1ccc2c(c1)O[C@@H](C(=O)Nc1ccc(N3CCCCC3)cc1)CN2S(=O)(=O)c1ccccc1. The molecule has 2 aliphatic heterocycles. The van der Waals surface area contributed by atoms with Crippen molar-refractivity contribution in [2.24, 2.45) is 0 Å². The number of carbonyl (C=O) groups excluding carboxylic acids is 1. The molecule has 0 bridgehead atoms. The molecule has 1 amide bonds. The van der Waals surface area contributed by atoms with Crippen LogP contribution in [0.5, 0.6) is 5.75 Å². The first-order valence-corrected chi connectivity index (χ1v) is 13.4. The smallest absolute Gasteiger partial charge is 0.267 e. The normalized spacial score (nSPS) is 17.9. The molecule has 0 saturated carbocycles. The van der Waals surface area contributed by atoms with Gasteiger partial charge in [0.05, 0.1) is 17.1 Å². The summed E-state index contributed by atoms with van der Waals surface area (Å²) in [5, 5.41) is 2.90. The van der Waals surface area contributed by atoms with Crippen LogP contribution in [0.3, 0.4) is 0 Å². The van der Waals surface area contributed by atoms with E-state index in [2.05, 4.69) is 10.2 Å². The molecule has 3 aromatic rings. The Hall–Kier alpha value is -3.52. The van der Waals surface area contributed by atoms with Crippen LogP contribution in [0.25, 0.3) is 0 Å². The molecule has 8 heteroatoms. The zero-order valence-electron chi connectivity index (χ0n) is 19.7. The molecular formula is C27H29N3O4S. The van der Waals surface area contributed by atoms with E-state index in [1.54, 1.807) is 42.5 Å². The van der Waals surface area contributed by atoms with Gasteiger partial charge in [0.15, 0.2) is 6.10 Å². The molecule has 1 N–H and O–H groups in total. The molecule has 0 aliphatic carbocycles. The lowest BCUT2D eigenvalue weighted by atomic mass is 10.1. The van der Waals surface area contributed by atoms with Gasteiger partial charge < -0.3 is 15.0 Å². The Bertz CT molecular complexity index is 1300. The number of benzene rings is 3. The molecule has 2 heterocycles. The number of hydrogen-bond acceptors (Lipinski definition) is 5. The van der Waals surface area contributed by atoms with Gasteiger partial charge in [0.25, 0.3) is 15.9 Å². The second-order valence-corrected chi connectivity index (χ2v) is 10.9. The summed E-state index contributed by atoms with van der Waals surface area (Å²) in [7, 11) is -3.88. The molecule has 1 atom stereocenters. The van der Waals surface area contributed by atoms with Crippen LogP contribution >= 0.6 is 0 Å². The number of rotatable bonds is 5. The maximum absolute atomic E-state index is 13.5. The van der Waals surface area contributed by atoms with Crippen LogP contribution in [0.2, 0.25) is 0 Å². The highest BCUT2D eigenvalue weighted by molar-refractivity contribution is 7.92. The van der Waals surface area contributed by atoms with Crippen LogP contribution in [-0.4, -0.2) is 40.1 Å². The summed E-state index contributed by atoms with van der Waals surface area (Å²) in [6.07, 6.45) is 2.66. The third-order valence-electron chi connectivity index (χ3n) is 6.46.